The Morgan fingerprint density at radius 3 is 2.58 bits per heavy atom. The molecule has 1 aliphatic heterocycles. The molecule has 0 aliphatic carbocycles. The van der Waals surface area contributed by atoms with E-state index >= 15 is 0 Å². The van der Waals surface area contributed by atoms with Gasteiger partial charge in [0.15, 0.2) is 5.82 Å². The van der Waals surface area contributed by atoms with E-state index in [-0.39, 0.29) is 6.04 Å². The summed E-state index contributed by atoms with van der Waals surface area (Å²) in [5.74, 6) is 2.45. The van der Waals surface area contributed by atoms with Gasteiger partial charge in [0.2, 0.25) is 5.89 Å². The van der Waals surface area contributed by atoms with Crippen molar-refractivity contribution >= 4 is 0 Å². The van der Waals surface area contributed by atoms with E-state index in [1.54, 1.807) is 0 Å². The fraction of sp³-hybridized carbons (Fsp3) is 0.556. The number of aromatic nitrogens is 2. The normalized spacial score (nSPS) is 17.8. The molecule has 1 aromatic carbocycles. The first kappa shape index (κ1) is 16.9. The minimum Gasteiger partial charge on any atom is -0.492 e. The number of benzene rings is 1. The number of piperazine rings is 1. The smallest absolute Gasteiger partial charge is 0.243 e. The monoisotopic (exact) mass is 330 g/mol. The van der Waals surface area contributed by atoms with E-state index in [2.05, 4.69) is 26.9 Å². The average Bonchev–Trinajstić information content (AvgIpc) is 3.12. The van der Waals surface area contributed by atoms with Crippen LogP contribution in [0.2, 0.25) is 0 Å². The lowest BCUT2D eigenvalue weighted by atomic mass is 10.2. The molecular formula is C18H26N4O2. The maximum absolute atomic E-state index is 5.78. The van der Waals surface area contributed by atoms with Gasteiger partial charge in [-0.15, -0.1) is 0 Å². The zero-order valence-electron chi connectivity index (χ0n) is 14.5. The van der Waals surface area contributed by atoms with E-state index < -0.39 is 0 Å². The first-order valence-corrected chi connectivity index (χ1v) is 8.73. The zero-order valence-corrected chi connectivity index (χ0v) is 14.5. The molecule has 1 saturated heterocycles. The summed E-state index contributed by atoms with van der Waals surface area (Å²) in [7, 11) is 0. The number of nitrogens with zero attached hydrogens (tertiary/aromatic N) is 4. The maximum atomic E-state index is 5.78. The standard InChI is InChI=1S/C18H26N4O2/c1-3-17-19-18(24-20-17)15(2)22-11-9-21(10-12-22)13-14-23-16-7-5-4-6-8-16/h4-8,15H,3,9-14H2,1-2H3/t15-/m1/s1. The largest absolute Gasteiger partial charge is 0.492 e. The highest BCUT2D eigenvalue weighted by atomic mass is 16.5. The Hall–Kier alpha value is -1.92. The second-order valence-electron chi connectivity index (χ2n) is 6.12. The van der Waals surface area contributed by atoms with Crippen molar-refractivity contribution in [3.05, 3.63) is 42.0 Å². The van der Waals surface area contributed by atoms with Crippen LogP contribution in [0, 0.1) is 0 Å². The van der Waals surface area contributed by atoms with Crippen LogP contribution in [-0.2, 0) is 6.42 Å². The molecule has 0 unspecified atom stereocenters. The topological polar surface area (TPSA) is 54.6 Å². The molecule has 1 fully saturated rings. The summed E-state index contributed by atoms with van der Waals surface area (Å²) in [6.07, 6.45) is 0.811. The average molecular weight is 330 g/mol. The van der Waals surface area contributed by atoms with Crippen LogP contribution in [0.5, 0.6) is 5.75 Å². The summed E-state index contributed by atoms with van der Waals surface area (Å²) < 4.78 is 11.2. The Bertz CT molecular complexity index is 608. The summed E-state index contributed by atoms with van der Waals surface area (Å²) in [5, 5.41) is 4.00. The third kappa shape index (κ3) is 4.33. The second kappa shape index (κ2) is 8.26. The molecule has 1 atom stereocenters. The van der Waals surface area contributed by atoms with Gasteiger partial charge in [-0.25, -0.2) is 0 Å². The number of aryl methyl sites for hydroxylation is 1. The molecule has 130 valence electrons. The van der Waals surface area contributed by atoms with E-state index in [0.29, 0.717) is 0 Å². The number of rotatable bonds is 7. The predicted molar refractivity (Wildman–Crippen MR) is 92.0 cm³/mol. The summed E-state index contributed by atoms with van der Waals surface area (Å²) in [6.45, 7) is 9.96. The van der Waals surface area contributed by atoms with Gasteiger partial charge in [0, 0.05) is 39.1 Å². The van der Waals surface area contributed by atoms with Crippen LogP contribution >= 0.6 is 0 Å². The molecular weight excluding hydrogens is 304 g/mol. The predicted octanol–water partition coefficient (Wildman–Crippen LogP) is 2.39. The van der Waals surface area contributed by atoms with Crippen molar-refractivity contribution in [2.24, 2.45) is 0 Å². The van der Waals surface area contributed by atoms with Gasteiger partial charge in [0.1, 0.15) is 12.4 Å². The van der Waals surface area contributed by atoms with Gasteiger partial charge in [-0.1, -0.05) is 30.3 Å². The fourth-order valence-electron chi connectivity index (χ4n) is 2.92. The highest BCUT2D eigenvalue weighted by Crippen LogP contribution is 2.20. The quantitative estimate of drug-likeness (QED) is 0.777. The molecule has 0 N–H and O–H groups in total. The lowest BCUT2D eigenvalue weighted by molar-refractivity contribution is 0.0800. The summed E-state index contributed by atoms with van der Waals surface area (Å²) in [4.78, 5) is 9.30. The second-order valence-corrected chi connectivity index (χ2v) is 6.12. The van der Waals surface area contributed by atoms with Crippen molar-refractivity contribution in [3.8, 4) is 5.75 Å². The van der Waals surface area contributed by atoms with E-state index in [9.17, 15) is 0 Å². The molecule has 0 radical (unpaired) electrons. The Morgan fingerprint density at radius 2 is 1.92 bits per heavy atom. The van der Waals surface area contributed by atoms with Crippen molar-refractivity contribution in [2.45, 2.75) is 26.3 Å². The molecule has 0 saturated carbocycles. The Morgan fingerprint density at radius 1 is 1.17 bits per heavy atom. The fourth-order valence-corrected chi connectivity index (χ4v) is 2.92. The lowest BCUT2D eigenvalue weighted by Crippen LogP contribution is -2.48. The van der Waals surface area contributed by atoms with Crippen molar-refractivity contribution in [2.75, 3.05) is 39.3 Å². The van der Waals surface area contributed by atoms with Gasteiger partial charge in [0.05, 0.1) is 6.04 Å². The first-order valence-electron chi connectivity index (χ1n) is 8.73. The van der Waals surface area contributed by atoms with Crippen LogP contribution in [0.4, 0.5) is 0 Å². The SMILES string of the molecule is CCc1noc([C@@H](C)N2CCN(CCOc3ccccc3)CC2)n1. The minimum absolute atomic E-state index is 0.181. The number of hydrogen-bond donors (Lipinski definition) is 0. The van der Waals surface area contributed by atoms with Crippen LogP contribution in [0.25, 0.3) is 0 Å². The third-order valence-electron chi connectivity index (χ3n) is 4.53. The van der Waals surface area contributed by atoms with E-state index in [1.807, 2.05) is 37.3 Å². The minimum atomic E-state index is 0.181. The van der Waals surface area contributed by atoms with Gasteiger partial charge in [-0.2, -0.15) is 4.98 Å². The van der Waals surface area contributed by atoms with Gasteiger partial charge >= 0.3 is 0 Å². The van der Waals surface area contributed by atoms with Crippen molar-refractivity contribution in [1.82, 2.24) is 19.9 Å². The summed E-state index contributed by atoms with van der Waals surface area (Å²) in [6, 6.07) is 10.2. The van der Waals surface area contributed by atoms with Gasteiger partial charge in [-0.3, -0.25) is 9.80 Å². The highest BCUT2D eigenvalue weighted by molar-refractivity contribution is 5.20. The number of ether oxygens (including phenoxy) is 1. The Kier molecular flexibility index (Phi) is 5.82. The van der Waals surface area contributed by atoms with E-state index in [0.717, 1.165) is 63.2 Å². The first-order chi connectivity index (χ1) is 11.8. The molecule has 2 aromatic rings. The molecule has 2 heterocycles. The maximum Gasteiger partial charge on any atom is 0.243 e. The molecule has 0 amide bonds. The Labute approximate surface area is 143 Å². The van der Waals surface area contributed by atoms with E-state index in [1.165, 1.54) is 0 Å². The molecule has 24 heavy (non-hydrogen) atoms. The number of hydrogen-bond acceptors (Lipinski definition) is 6. The van der Waals surface area contributed by atoms with Crippen LogP contribution in [0.15, 0.2) is 34.9 Å². The van der Waals surface area contributed by atoms with E-state index in [4.69, 9.17) is 9.26 Å². The van der Waals surface area contributed by atoms with Crippen molar-refractivity contribution < 1.29 is 9.26 Å². The zero-order chi connectivity index (χ0) is 16.8. The van der Waals surface area contributed by atoms with Gasteiger partial charge < -0.3 is 9.26 Å². The molecule has 1 aliphatic rings. The molecule has 6 nitrogen and oxygen atoms in total. The molecule has 3 rings (SSSR count). The van der Waals surface area contributed by atoms with Crippen LogP contribution in [0.1, 0.15) is 31.6 Å². The lowest BCUT2D eigenvalue weighted by Gasteiger charge is -2.36. The van der Waals surface area contributed by atoms with Crippen molar-refractivity contribution in [3.63, 3.8) is 0 Å². The van der Waals surface area contributed by atoms with Crippen LogP contribution in [0.3, 0.4) is 0 Å². The highest BCUT2D eigenvalue weighted by Gasteiger charge is 2.25. The Balaban J connectivity index is 1.40. The summed E-state index contributed by atoms with van der Waals surface area (Å²) >= 11 is 0. The molecule has 6 heteroatoms. The van der Waals surface area contributed by atoms with Gasteiger partial charge in [-0.05, 0) is 19.1 Å². The molecule has 1 aromatic heterocycles. The molecule has 0 bridgehead atoms. The number of para-hydroxylation sites is 1. The van der Waals surface area contributed by atoms with Crippen LogP contribution < -0.4 is 4.74 Å². The van der Waals surface area contributed by atoms with Gasteiger partial charge in [0.25, 0.3) is 0 Å². The van der Waals surface area contributed by atoms with Crippen LogP contribution in [-0.4, -0.2) is 59.3 Å². The van der Waals surface area contributed by atoms with Crippen molar-refractivity contribution in [1.29, 1.82) is 0 Å². The summed E-state index contributed by atoms with van der Waals surface area (Å²) in [5.41, 5.74) is 0. The third-order valence-corrected chi connectivity index (χ3v) is 4.53. The molecule has 0 spiro atoms.